The Hall–Kier alpha value is -2.15. The molecule has 6 nitrogen and oxygen atoms in total. The van der Waals surface area contributed by atoms with Crippen LogP contribution in [-0.4, -0.2) is 62.5 Å². The van der Waals surface area contributed by atoms with Gasteiger partial charge in [-0.25, -0.2) is 4.98 Å². The fourth-order valence-electron chi connectivity index (χ4n) is 4.76. The van der Waals surface area contributed by atoms with Crippen molar-refractivity contribution in [2.24, 2.45) is 0 Å². The Morgan fingerprint density at radius 1 is 1.29 bits per heavy atom. The summed E-state index contributed by atoms with van der Waals surface area (Å²) in [6.07, 6.45) is 10.2. The average molecular weight is 443 g/mol. The third kappa shape index (κ3) is 4.56. The van der Waals surface area contributed by atoms with E-state index in [4.69, 9.17) is 21.3 Å². The highest BCUT2D eigenvalue weighted by Gasteiger charge is 2.32. The van der Waals surface area contributed by atoms with Crippen LogP contribution in [0.1, 0.15) is 49.8 Å². The molecule has 0 saturated carbocycles. The first-order chi connectivity index (χ1) is 14.9. The Balaban J connectivity index is 1.74. The number of aromatic nitrogens is 2. The van der Waals surface area contributed by atoms with Crippen molar-refractivity contribution in [3.05, 3.63) is 59.5 Å². The SMILES string of the molecule is C=CC[C@@H]1CC=C[C@@H](C)N1Cc1c(C(=O)N2C[C@@H](C)O[C@@H](C)C2)nc2ccc(Cl)cn12. The van der Waals surface area contributed by atoms with Crippen LogP contribution in [0.2, 0.25) is 5.02 Å². The number of hydrogen-bond donors (Lipinski definition) is 0. The van der Waals surface area contributed by atoms with Crippen molar-refractivity contribution in [1.29, 1.82) is 0 Å². The van der Waals surface area contributed by atoms with Crippen LogP contribution in [0.5, 0.6) is 0 Å². The lowest BCUT2D eigenvalue weighted by Crippen LogP contribution is -2.48. The van der Waals surface area contributed by atoms with Crippen molar-refractivity contribution in [1.82, 2.24) is 19.2 Å². The quantitative estimate of drug-likeness (QED) is 0.646. The van der Waals surface area contributed by atoms with Gasteiger partial charge in [0.25, 0.3) is 5.91 Å². The molecule has 0 unspecified atom stereocenters. The van der Waals surface area contributed by atoms with E-state index in [2.05, 4.69) is 30.6 Å². The maximum atomic E-state index is 13.6. The van der Waals surface area contributed by atoms with Crippen molar-refractivity contribution in [2.45, 2.75) is 64.4 Å². The fourth-order valence-corrected chi connectivity index (χ4v) is 4.92. The van der Waals surface area contributed by atoms with Crippen LogP contribution in [0.25, 0.3) is 5.65 Å². The van der Waals surface area contributed by atoms with Gasteiger partial charge in [-0.1, -0.05) is 29.8 Å². The van der Waals surface area contributed by atoms with Crippen LogP contribution in [0.3, 0.4) is 0 Å². The predicted octanol–water partition coefficient (Wildman–Crippen LogP) is 4.33. The van der Waals surface area contributed by atoms with Crippen molar-refractivity contribution >= 4 is 23.2 Å². The minimum absolute atomic E-state index is 0.00634. The molecule has 0 bridgehead atoms. The smallest absolute Gasteiger partial charge is 0.274 e. The van der Waals surface area contributed by atoms with Crippen LogP contribution >= 0.6 is 11.6 Å². The Labute approximate surface area is 189 Å². The largest absolute Gasteiger partial charge is 0.372 e. The highest BCUT2D eigenvalue weighted by molar-refractivity contribution is 6.30. The molecular formula is C24H31ClN4O2. The van der Waals surface area contributed by atoms with E-state index in [0.717, 1.165) is 24.2 Å². The fraction of sp³-hybridized carbons (Fsp3) is 0.500. The standard InChI is InChI=1S/C24H31ClN4O2/c1-5-7-20-9-6-8-16(2)28(20)15-21-23(26-22-11-10-19(25)14-29(21)22)24(30)27-12-17(3)31-18(4)13-27/h5-6,8,10-11,14,16-18,20H,1,7,9,12-13,15H2,2-4H3/t16-,17-,18+,20-/m1/s1. The van der Waals surface area contributed by atoms with E-state index < -0.39 is 0 Å². The molecule has 0 aliphatic carbocycles. The number of carbonyl (C=O) groups excluding carboxylic acids is 1. The first-order valence-corrected chi connectivity index (χ1v) is 11.4. The number of imidazole rings is 1. The van der Waals surface area contributed by atoms with Crippen molar-refractivity contribution in [3.63, 3.8) is 0 Å². The van der Waals surface area contributed by atoms with Gasteiger partial charge in [0.05, 0.1) is 22.9 Å². The van der Waals surface area contributed by atoms with E-state index in [1.54, 1.807) is 0 Å². The number of amides is 1. The van der Waals surface area contributed by atoms with E-state index >= 15 is 0 Å². The molecule has 31 heavy (non-hydrogen) atoms. The van der Waals surface area contributed by atoms with E-state index in [1.165, 1.54) is 0 Å². The lowest BCUT2D eigenvalue weighted by molar-refractivity contribution is -0.0587. The maximum Gasteiger partial charge on any atom is 0.274 e. The molecule has 1 fully saturated rings. The lowest BCUT2D eigenvalue weighted by Gasteiger charge is -2.38. The van der Waals surface area contributed by atoms with Crippen molar-refractivity contribution < 1.29 is 9.53 Å². The summed E-state index contributed by atoms with van der Waals surface area (Å²) in [6, 6.07) is 4.28. The van der Waals surface area contributed by atoms with Crippen molar-refractivity contribution in [2.75, 3.05) is 13.1 Å². The molecule has 4 rings (SSSR count). The molecule has 4 heterocycles. The van der Waals surface area contributed by atoms with Gasteiger partial charge in [-0.2, -0.15) is 0 Å². The van der Waals surface area contributed by atoms with Crippen LogP contribution in [0.4, 0.5) is 0 Å². The van der Waals surface area contributed by atoms with Gasteiger partial charge in [0.2, 0.25) is 0 Å². The summed E-state index contributed by atoms with van der Waals surface area (Å²) in [6.45, 7) is 11.9. The van der Waals surface area contributed by atoms with Gasteiger partial charge in [-0.05, 0) is 45.7 Å². The molecule has 2 aliphatic rings. The molecule has 1 saturated heterocycles. The van der Waals surface area contributed by atoms with Crippen LogP contribution in [0.15, 0.2) is 43.1 Å². The highest BCUT2D eigenvalue weighted by Crippen LogP contribution is 2.27. The zero-order valence-corrected chi connectivity index (χ0v) is 19.3. The Kier molecular flexibility index (Phi) is 6.51. The van der Waals surface area contributed by atoms with Gasteiger partial charge >= 0.3 is 0 Å². The number of morpholine rings is 1. The number of nitrogens with zero attached hydrogens (tertiary/aromatic N) is 4. The summed E-state index contributed by atoms with van der Waals surface area (Å²) < 4.78 is 7.79. The van der Waals surface area contributed by atoms with Gasteiger partial charge in [0, 0.05) is 37.9 Å². The molecule has 7 heteroatoms. The summed E-state index contributed by atoms with van der Waals surface area (Å²) in [4.78, 5) is 22.6. The predicted molar refractivity (Wildman–Crippen MR) is 123 cm³/mol. The molecule has 166 valence electrons. The summed E-state index contributed by atoms with van der Waals surface area (Å²) in [5, 5.41) is 0.619. The average Bonchev–Trinajstić information content (AvgIpc) is 3.07. The molecule has 2 aromatic rings. The normalized spacial score (nSPS) is 27.0. The number of carbonyl (C=O) groups is 1. The lowest BCUT2D eigenvalue weighted by atomic mass is 9.99. The van der Waals surface area contributed by atoms with Gasteiger partial charge in [-0.3, -0.25) is 9.69 Å². The molecule has 0 radical (unpaired) electrons. The summed E-state index contributed by atoms with van der Waals surface area (Å²) in [7, 11) is 0. The van der Waals surface area contributed by atoms with Gasteiger partial charge in [0.15, 0.2) is 5.69 Å². The van der Waals surface area contributed by atoms with E-state index in [0.29, 0.717) is 36.4 Å². The number of halogens is 1. The monoisotopic (exact) mass is 442 g/mol. The van der Waals surface area contributed by atoms with E-state index in [1.807, 2.05) is 47.6 Å². The van der Waals surface area contributed by atoms with Crippen LogP contribution < -0.4 is 0 Å². The van der Waals surface area contributed by atoms with Crippen LogP contribution in [0, 0.1) is 0 Å². The number of hydrogen-bond acceptors (Lipinski definition) is 4. The topological polar surface area (TPSA) is 50.1 Å². The molecule has 4 atom stereocenters. The molecule has 1 amide bonds. The zero-order valence-electron chi connectivity index (χ0n) is 18.5. The third-order valence-corrected chi connectivity index (χ3v) is 6.40. The number of ether oxygens (including phenoxy) is 1. The van der Waals surface area contributed by atoms with E-state index in [9.17, 15) is 4.79 Å². The van der Waals surface area contributed by atoms with Gasteiger partial charge < -0.3 is 14.0 Å². The number of pyridine rings is 1. The Morgan fingerprint density at radius 3 is 2.74 bits per heavy atom. The highest BCUT2D eigenvalue weighted by atomic mass is 35.5. The summed E-state index contributed by atoms with van der Waals surface area (Å²) in [5.41, 5.74) is 2.12. The zero-order chi connectivity index (χ0) is 22.1. The molecule has 0 spiro atoms. The molecule has 2 aliphatic heterocycles. The second-order valence-corrected chi connectivity index (χ2v) is 9.14. The van der Waals surface area contributed by atoms with Crippen molar-refractivity contribution in [3.8, 4) is 0 Å². The van der Waals surface area contributed by atoms with Gasteiger partial charge in [-0.15, -0.1) is 6.58 Å². The number of rotatable bonds is 5. The maximum absolute atomic E-state index is 13.6. The van der Waals surface area contributed by atoms with Crippen LogP contribution in [-0.2, 0) is 11.3 Å². The van der Waals surface area contributed by atoms with Gasteiger partial charge in [0.1, 0.15) is 5.65 Å². The first-order valence-electron chi connectivity index (χ1n) is 11.0. The minimum Gasteiger partial charge on any atom is -0.372 e. The molecule has 2 aromatic heterocycles. The minimum atomic E-state index is -0.0442. The second kappa shape index (κ2) is 9.15. The summed E-state index contributed by atoms with van der Waals surface area (Å²) >= 11 is 6.32. The number of fused-ring (bicyclic) bond motifs is 1. The molecule has 0 aromatic carbocycles. The van der Waals surface area contributed by atoms with E-state index in [-0.39, 0.29) is 24.2 Å². The molecule has 0 N–H and O–H groups in total. The molecular weight excluding hydrogens is 412 g/mol. The Bertz CT molecular complexity index is 991. The first kappa shape index (κ1) is 22.1. The Morgan fingerprint density at radius 2 is 2.03 bits per heavy atom. The summed E-state index contributed by atoms with van der Waals surface area (Å²) in [5.74, 6) is -0.0442. The third-order valence-electron chi connectivity index (χ3n) is 6.18. The second-order valence-electron chi connectivity index (χ2n) is 8.71.